The number of alkyl halides is 1. The Morgan fingerprint density at radius 3 is 2.79 bits per heavy atom. The summed E-state index contributed by atoms with van der Waals surface area (Å²) in [6.45, 7) is 0.550. The number of hydrogen-bond acceptors (Lipinski definition) is 7. The second-order valence-corrected chi connectivity index (χ2v) is 9.63. The number of halogens is 1. The van der Waals surface area contributed by atoms with Crippen LogP contribution >= 0.6 is 11.3 Å². The molecule has 10 nitrogen and oxygen atoms in total. The number of urea groups is 1. The zero-order valence-electron chi connectivity index (χ0n) is 17.9. The highest BCUT2D eigenvalue weighted by Crippen LogP contribution is 2.33. The number of hydrogen-bond donors (Lipinski definition) is 3. The average Bonchev–Trinajstić information content (AvgIpc) is 3.18. The van der Waals surface area contributed by atoms with Crippen molar-refractivity contribution in [2.45, 2.75) is 31.5 Å². The number of anilines is 1. The molecule has 0 spiro atoms. The Hall–Kier alpha value is -3.80. The maximum atomic E-state index is 13.6. The average molecular weight is 482 g/mol. The SMILES string of the molecule is O=C1NC(=O)/C(=C/c2cnn3c(NC4CC4)cc(-c4ccc(C(=O)N5CC[C@H](F)C5)s4)nc23)N1. The number of amides is 4. The smallest absolute Gasteiger partial charge is 0.326 e. The third kappa shape index (κ3) is 3.79. The summed E-state index contributed by atoms with van der Waals surface area (Å²) in [5, 5.41) is 12.5. The molecule has 2 aliphatic heterocycles. The standard InChI is InChI=1S/C22H20FN7O3S/c23-12-5-6-29(10-12)21(32)17-4-3-16(34-17)14-8-18(25-13-1-2-13)30-19(26-14)11(9-24-30)7-15-20(31)28-22(33)27-15/h3-4,7-9,12-13,25H,1-2,5-6,10H2,(H2,27,28,31,33)/b15-7-/t12-/m0/s1. The summed E-state index contributed by atoms with van der Waals surface area (Å²) in [6.07, 6.45) is 4.64. The second-order valence-electron chi connectivity index (χ2n) is 8.55. The van der Waals surface area contributed by atoms with Crippen LogP contribution in [0.3, 0.4) is 0 Å². The van der Waals surface area contributed by atoms with Crippen LogP contribution in [0.15, 0.2) is 30.1 Å². The molecule has 4 amide bonds. The fourth-order valence-corrected chi connectivity index (χ4v) is 4.97. The number of carbonyl (C=O) groups is 3. The highest BCUT2D eigenvalue weighted by molar-refractivity contribution is 7.17. The first kappa shape index (κ1) is 20.8. The number of thiophene rings is 1. The largest absolute Gasteiger partial charge is 0.367 e. The number of imide groups is 1. The van der Waals surface area contributed by atoms with Gasteiger partial charge < -0.3 is 15.5 Å². The van der Waals surface area contributed by atoms with E-state index in [4.69, 9.17) is 4.98 Å². The molecule has 0 bridgehead atoms. The van der Waals surface area contributed by atoms with Crippen molar-refractivity contribution in [1.29, 1.82) is 0 Å². The quantitative estimate of drug-likeness (QED) is 0.380. The first-order chi connectivity index (χ1) is 16.4. The van der Waals surface area contributed by atoms with Crippen LogP contribution in [0.25, 0.3) is 22.3 Å². The molecule has 6 rings (SSSR count). The van der Waals surface area contributed by atoms with Crippen molar-refractivity contribution in [3.8, 4) is 10.6 Å². The lowest BCUT2D eigenvalue weighted by Crippen LogP contribution is -2.28. The number of nitrogens with one attached hydrogen (secondary N) is 3. The Balaban J connectivity index is 1.38. The molecule has 3 N–H and O–H groups in total. The number of fused-ring (bicyclic) bond motifs is 1. The number of aromatic nitrogens is 3. The highest BCUT2D eigenvalue weighted by Gasteiger charge is 2.28. The summed E-state index contributed by atoms with van der Waals surface area (Å²) in [6, 6.07) is 5.23. The molecule has 0 unspecified atom stereocenters. The van der Waals surface area contributed by atoms with E-state index in [1.807, 2.05) is 12.1 Å². The molecule has 34 heavy (non-hydrogen) atoms. The zero-order chi connectivity index (χ0) is 23.4. The van der Waals surface area contributed by atoms with Crippen molar-refractivity contribution < 1.29 is 18.8 Å². The van der Waals surface area contributed by atoms with Crippen molar-refractivity contribution >= 4 is 46.7 Å². The summed E-state index contributed by atoms with van der Waals surface area (Å²) in [7, 11) is 0. The Bertz CT molecular complexity index is 1380. The molecule has 3 aromatic heterocycles. The van der Waals surface area contributed by atoms with Crippen molar-refractivity contribution in [1.82, 2.24) is 30.1 Å². The van der Waals surface area contributed by atoms with E-state index in [9.17, 15) is 18.8 Å². The van der Waals surface area contributed by atoms with E-state index in [0.717, 1.165) is 23.5 Å². The van der Waals surface area contributed by atoms with E-state index in [-0.39, 0.29) is 18.1 Å². The summed E-state index contributed by atoms with van der Waals surface area (Å²) in [5.41, 5.74) is 1.82. The molecule has 174 valence electrons. The van der Waals surface area contributed by atoms with Crippen LogP contribution in [0.4, 0.5) is 15.0 Å². The molecule has 1 atom stereocenters. The Morgan fingerprint density at radius 1 is 1.24 bits per heavy atom. The van der Waals surface area contributed by atoms with E-state index >= 15 is 0 Å². The highest BCUT2D eigenvalue weighted by atomic mass is 32.1. The lowest BCUT2D eigenvalue weighted by Gasteiger charge is -2.13. The van der Waals surface area contributed by atoms with Gasteiger partial charge in [0.2, 0.25) is 0 Å². The minimum atomic E-state index is -0.968. The topological polar surface area (TPSA) is 121 Å². The van der Waals surface area contributed by atoms with E-state index in [1.165, 1.54) is 17.4 Å². The molecule has 1 aliphatic carbocycles. The number of carbonyl (C=O) groups excluding carboxylic acids is 3. The van der Waals surface area contributed by atoms with Gasteiger partial charge in [0.05, 0.1) is 28.2 Å². The van der Waals surface area contributed by atoms with Crippen molar-refractivity contribution in [2.24, 2.45) is 0 Å². The van der Waals surface area contributed by atoms with Crippen LogP contribution in [-0.2, 0) is 4.79 Å². The van der Waals surface area contributed by atoms with Crippen molar-refractivity contribution in [3.05, 3.63) is 40.5 Å². The third-order valence-corrected chi connectivity index (χ3v) is 7.03. The van der Waals surface area contributed by atoms with Gasteiger partial charge in [0, 0.05) is 24.2 Å². The van der Waals surface area contributed by atoms with Gasteiger partial charge in [-0.3, -0.25) is 14.9 Å². The molecular weight excluding hydrogens is 461 g/mol. The summed E-state index contributed by atoms with van der Waals surface area (Å²) in [4.78, 5) is 43.8. The van der Waals surface area contributed by atoms with Gasteiger partial charge in [0.1, 0.15) is 17.7 Å². The molecule has 5 heterocycles. The van der Waals surface area contributed by atoms with Gasteiger partial charge in [-0.2, -0.15) is 9.61 Å². The van der Waals surface area contributed by atoms with Gasteiger partial charge >= 0.3 is 6.03 Å². The lowest BCUT2D eigenvalue weighted by molar-refractivity contribution is -0.115. The maximum Gasteiger partial charge on any atom is 0.326 e. The van der Waals surface area contributed by atoms with Crippen molar-refractivity contribution in [3.63, 3.8) is 0 Å². The van der Waals surface area contributed by atoms with Crippen LogP contribution in [0.5, 0.6) is 0 Å². The van der Waals surface area contributed by atoms with Gasteiger partial charge in [-0.05, 0) is 37.5 Å². The maximum absolute atomic E-state index is 13.6. The Labute approximate surface area is 196 Å². The normalized spacial score (nSPS) is 21.4. The van der Waals surface area contributed by atoms with E-state index < -0.39 is 18.1 Å². The molecule has 1 saturated carbocycles. The zero-order valence-corrected chi connectivity index (χ0v) is 18.7. The second kappa shape index (κ2) is 7.90. The predicted molar refractivity (Wildman–Crippen MR) is 123 cm³/mol. The van der Waals surface area contributed by atoms with Gasteiger partial charge in [-0.25, -0.2) is 14.2 Å². The number of nitrogens with zero attached hydrogens (tertiary/aromatic N) is 4. The summed E-state index contributed by atoms with van der Waals surface area (Å²) in [5.74, 6) is 0.0513. The summed E-state index contributed by atoms with van der Waals surface area (Å²) >= 11 is 1.31. The Kier molecular flexibility index (Phi) is 4.83. The molecule has 0 radical (unpaired) electrons. The molecule has 3 aliphatic rings. The van der Waals surface area contributed by atoms with Gasteiger partial charge in [-0.1, -0.05) is 0 Å². The van der Waals surface area contributed by atoms with Crippen molar-refractivity contribution in [2.75, 3.05) is 18.4 Å². The fraction of sp³-hybridized carbons (Fsp3) is 0.318. The molecule has 2 saturated heterocycles. The predicted octanol–water partition coefficient (Wildman–Crippen LogP) is 2.40. The van der Waals surface area contributed by atoms with Crippen LogP contribution < -0.4 is 16.0 Å². The number of likely N-dealkylation sites (tertiary alicyclic amines) is 1. The first-order valence-corrected chi connectivity index (χ1v) is 11.8. The van der Waals surface area contributed by atoms with E-state index in [1.54, 1.807) is 21.7 Å². The fourth-order valence-electron chi connectivity index (χ4n) is 4.03. The van der Waals surface area contributed by atoms with Gasteiger partial charge in [0.15, 0.2) is 5.65 Å². The van der Waals surface area contributed by atoms with Crippen LogP contribution in [0, 0.1) is 0 Å². The number of rotatable bonds is 5. The molecular formula is C22H20FN7O3S. The lowest BCUT2D eigenvalue weighted by atomic mass is 10.2. The Morgan fingerprint density at radius 2 is 2.09 bits per heavy atom. The van der Waals surface area contributed by atoms with Crippen LogP contribution in [0.2, 0.25) is 0 Å². The minimum Gasteiger partial charge on any atom is -0.367 e. The van der Waals surface area contributed by atoms with Crippen LogP contribution in [0.1, 0.15) is 34.5 Å². The van der Waals surface area contributed by atoms with Gasteiger partial charge in [0.25, 0.3) is 11.8 Å². The summed E-state index contributed by atoms with van der Waals surface area (Å²) < 4.78 is 15.2. The monoisotopic (exact) mass is 481 g/mol. The van der Waals surface area contributed by atoms with Crippen LogP contribution in [-0.4, -0.2) is 62.6 Å². The van der Waals surface area contributed by atoms with E-state index in [2.05, 4.69) is 21.0 Å². The van der Waals surface area contributed by atoms with E-state index in [0.29, 0.717) is 40.8 Å². The third-order valence-electron chi connectivity index (χ3n) is 5.94. The molecule has 3 fully saturated rings. The minimum absolute atomic E-state index is 0.115. The first-order valence-electron chi connectivity index (χ1n) is 11.0. The molecule has 0 aromatic carbocycles. The van der Waals surface area contributed by atoms with Gasteiger partial charge in [-0.15, -0.1) is 11.3 Å². The molecule has 3 aromatic rings. The molecule has 12 heteroatoms.